The number of hydrogen-bond acceptors (Lipinski definition) is 3. The van der Waals surface area contributed by atoms with Crippen molar-refractivity contribution in [2.45, 2.75) is 11.8 Å². The highest BCUT2D eigenvalue weighted by molar-refractivity contribution is 7.99. The molecule has 2 amide bonds. The summed E-state index contributed by atoms with van der Waals surface area (Å²) in [6.45, 7) is 3.39. The second-order valence-electron chi connectivity index (χ2n) is 6.77. The van der Waals surface area contributed by atoms with Crippen LogP contribution in [-0.2, 0) is 4.79 Å². The normalized spacial score (nSPS) is 15.4. The Morgan fingerprint density at radius 2 is 1.64 bits per heavy atom. The maximum atomic E-state index is 13.8. The molecule has 0 aromatic heterocycles. The molecule has 1 aliphatic heterocycles. The molecule has 1 atom stereocenters. The highest BCUT2D eigenvalue weighted by atomic mass is 32.2. The first kappa shape index (κ1) is 20.3. The summed E-state index contributed by atoms with van der Waals surface area (Å²) in [5, 5.41) is 0. The summed E-state index contributed by atoms with van der Waals surface area (Å²) >= 11 is 1.64. The van der Waals surface area contributed by atoms with E-state index in [9.17, 15) is 18.4 Å². The molecular weight excluding hydrogens is 382 g/mol. The summed E-state index contributed by atoms with van der Waals surface area (Å²) in [6, 6.07) is 12.9. The van der Waals surface area contributed by atoms with Crippen LogP contribution >= 0.6 is 11.8 Å². The molecule has 28 heavy (non-hydrogen) atoms. The highest BCUT2D eigenvalue weighted by Gasteiger charge is 2.28. The molecule has 1 fully saturated rings. The van der Waals surface area contributed by atoms with Crippen molar-refractivity contribution in [2.75, 3.05) is 31.9 Å². The zero-order chi connectivity index (χ0) is 20.1. The lowest BCUT2D eigenvalue weighted by Gasteiger charge is -2.36. The van der Waals surface area contributed by atoms with E-state index in [1.807, 2.05) is 37.3 Å². The first-order valence-corrected chi connectivity index (χ1v) is 10.1. The molecule has 0 saturated carbocycles. The molecular formula is C21H22F2N2O2S. The fourth-order valence-electron chi connectivity index (χ4n) is 3.08. The summed E-state index contributed by atoms with van der Waals surface area (Å²) in [7, 11) is 0. The van der Waals surface area contributed by atoms with Crippen LogP contribution in [0.3, 0.4) is 0 Å². The van der Waals surface area contributed by atoms with Crippen molar-refractivity contribution in [1.29, 1.82) is 0 Å². The summed E-state index contributed by atoms with van der Waals surface area (Å²) in [4.78, 5) is 29.5. The number of benzene rings is 2. The topological polar surface area (TPSA) is 40.6 Å². The van der Waals surface area contributed by atoms with Gasteiger partial charge in [0, 0.05) is 48.8 Å². The van der Waals surface area contributed by atoms with Crippen LogP contribution in [-0.4, -0.2) is 53.5 Å². The molecule has 7 heteroatoms. The predicted octanol–water partition coefficient (Wildman–Crippen LogP) is 3.68. The Balaban J connectivity index is 1.51. The number of amides is 2. The minimum absolute atomic E-state index is 0.0588. The van der Waals surface area contributed by atoms with Gasteiger partial charge < -0.3 is 9.80 Å². The van der Waals surface area contributed by atoms with Crippen molar-refractivity contribution in [1.82, 2.24) is 9.80 Å². The number of piperazine rings is 1. The van der Waals surface area contributed by atoms with Crippen molar-refractivity contribution in [3.63, 3.8) is 0 Å². The molecule has 0 aliphatic carbocycles. The molecule has 148 valence electrons. The van der Waals surface area contributed by atoms with Gasteiger partial charge in [0.05, 0.1) is 5.56 Å². The fraction of sp³-hybridized carbons (Fsp3) is 0.333. The predicted molar refractivity (Wildman–Crippen MR) is 105 cm³/mol. The lowest BCUT2D eigenvalue weighted by Crippen LogP contribution is -2.52. The summed E-state index contributed by atoms with van der Waals surface area (Å²) in [5.74, 6) is -1.45. The standard InChI is InChI=1S/C21H22F2N2O2S/c1-15(14-28-17-5-3-2-4-6-17)20(26)24-9-11-25(12-10-24)21(27)18-8-7-16(22)13-19(18)23/h2-8,13,15H,9-12,14H2,1H3. The molecule has 2 aromatic rings. The van der Waals surface area contributed by atoms with Gasteiger partial charge in [-0.1, -0.05) is 25.1 Å². The van der Waals surface area contributed by atoms with Gasteiger partial charge in [-0.15, -0.1) is 11.8 Å². The van der Waals surface area contributed by atoms with Gasteiger partial charge in [0.1, 0.15) is 11.6 Å². The van der Waals surface area contributed by atoms with Crippen LogP contribution in [0.25, 0.3) is 0 Å². The van der Waals surface area contributed by atoms with Crippen LogP contribution in [0.2, 0.25) is 0 Å². The van der Waals surface area contributed by atoms with Crippen LogP contribution in [0.5, 0.6) is 0 Å². The van der Waals surface area contributed by atoms with E-state index in [-0.39, 0.29) is 17.4 Å². The van der Waals surface area contributed by atoms with Crippen LogP contribution in [0.4, 0.5) is 8.78 Å². The van der Waals surface area contributed by atoms with Gasteiger partial charge in [-0.2, -0.15) is 0 Å². The molecule has 1 aliphatic rings. The maximum absolute atomic E-state index is 13.8. The quantitative estimate of drug-likeness (QED) is 0.714. The van der Waals surface area contributed by atoms with Crippen molar-refractivity contribution in [3.05, 3.63) is 65.7 Å². The number of nitrogens with zero attached hydrogens (tertiary/aromatic N) is 2. The molecule has 4 nitrogen and oxygen atoms in total. The third kappa shape index (κ3) is 4.90. The van der Waals surface area contributed by atoms with Crippen molar-refractivity contribution in [3.8, 4) is 0 Å². The zero-order valence-corrected chi connectivity index (χ0v) is 16.4. The Morgan fingerprint density at radius 1 is 1.00 bits per heavy atom. The van der Waals surface area contributed by atoms with Crippen molar-refractivity contribution < 1.29 is 18.4 Å². The van der Waals surface area contributed by atoms with Gasteiger partial charge >= 0.3 is 0 Å². The van der Waals surface area contributed by atoms with Crippen LogP contribution in [0.1, 0.15) is 17.3 Å². The zero-order valence-electron chi connectivity index (χ0n) is 15.6. The molecule has 3 rings (SSSR count). The third-order valence-electron chi connectivity index (χ3n) is 4.70. The first-order chi connectivity index (χ1) is 13.5. The Labute approximate surface area is 167 Å². The number of carbonyl (C=O) groups excluding carboxylic acids is 2. The minimum Gasteiger partial charge on any atom is -0.339 e. The molecule has 0 spiro atoms. The van der Waals surface area contributed by atoms with Crippen molar-refractivity contribution >= 4 is 23.6 Å². The van der Waals surface area contributed by atoms with E-state index >= 15 is 0 Å². The number of hydrogen-bond donors (Lipinski definition) is 0. The largest absolute Gasteiger partial charge is 0.339 e. The van der Waals surface area contributed by atoms with Crippen LogP contribution in [0, 0.1) is 17.6 Å². The summed E-state index contributed by atoms with van der Waals surface area (Å²) < 4.78 is 26.9. The molecule has 0 radical (unpaired) electrons. The highest BCUT2D eigenvalue weighted by Crippen LogP contribution is 2.22. The van der Waals surface area contributed by atoms with Gasteiger partial charge in [0.15, 0.2) is 0 Å². The second kappa shape index (κ2) is 9.19. The number of carbonyl (C=O) groups is 2. The molecule has 1 unspecified atom stereocenters. The van der Waals surface area contributed by atoms with E-state index < -0.39 is 17.5 Å². The van der Waals surface area contributed by atoms with E-state index in [1.54, 1.807) is 16.7 Å². The smallest absolute Gasteiger partial charge is 0.256 e. The Kier molecular flexibility index (Phi) is 6.67. The van der Waals surface area contributed by atoms with E-state index in [0.29, 0.717) is 38.0 Å². The lowest BCUT2D eigenvalue weighted by atomic mass is 10.1. The summed E-state index contributed by atoms with van der Waals surface area (Å²) in [5.41, 5.74) is -0.145. The summed E-state index contributed by atoms with van der Waals surface area (Å²) in [6.07, 6.45) is 0. The average molecular weight is 404 g/mol. The number of rotatable bonds is 5. The lowest BCUT2D eigenvalue weighted by molar-refractivity contribution is -0.135. The monoisotopic (exact) mass is 404 g/mol. The molecule has 1 heterocycles. The fourth-order valence-corrected chi connectivity index (χ4v) is 4.02. The average Bonchev–Trinajstić information content (AvgIpc) is 2.72. The third-order valence-corrected chi connectivity index (χ3v) is 5.98. The molecule has 2 aromatic carbocycles. The Morgan fingerprint density at radius 3 is 2.29 bits per heavy atom. The van der Waals surface area contributed by atoms with Gasteiger partial charge in [-0.05, 0) is 24.3 Å². The van der Waals surface area contributed by atoms with Crippen molar-refractivity contribution in [2.24, 2.45) is 5.92 Å². The van der Waals surface area contributed by atoms with E-state index in [2.05, 4.69) is 0 Å². The second-order valence-corrected chi connectivity index (χ2v) is 7.86. The number of thioether (sulfide) groups is 1. The van der Waals surface area contributed by atoms with Gasteiger partial charge in [-0.3, -0.25) is 9.59 Å². The molecule has 1 saturated heterocycles. The van der Waals surface area contributed by atoms with Gasteiger partial charge in [0.25, 0.3) is 5.91 Å². The van der Waals surface area contributed by atoms with Crippen LogP contribution in [0.15, 0.2) is 53.4 Å². The Bertz CT molecular complexity index is 840. The first-order valence-electron chi connectivity index (χ1n) is 9.16. The van der Waals surface area contributed by atoms with E-state index in [1.165, 1.54) is 4.90 Å². The van der Waals surface area contributed by atoms with E-state index in [0.717, 1.165) is 17.0 Å². The van der Waals surface area contributed by atoms with E-state index in [4.69, 9.17) is 0 Å². The van der Waals surface area contributed by atoms with Gasteiger partial charge in [0.2, 0.25) is 5.91 Å². The molecule has 0 N–H and O–H groups in total. The molecule has 0 bridgehead atoms. The number of halogens is 2. The Hall–Kier alpha value is -2.41. The SMILES string of the molecule is CC(CSc1ccccc1)C(=O)N1CCN(C(=O)c2ccc(F)cc2F)CC1. The van der Waals surface area contributed by atoms with Gasteiger partial charge in [-0.25, -0.2) is 8.78 Å². The maximum Gasteiger partial charge on any atom is 0.256 e. The van der Waals surface area contributed by atoms with Crippen LogP contribution < -0.4 is 0 Å². The minimum atomic E-state index is -0.866.